The highest BCUT2D eigenvalue weighted by molar-refractivity contribution is 7.93. The van der Waals surface area contributed by atoms with Gasteiger partial charge in [-0.2, -0.15) is 0 Å². The molecule has 0 amide bonds. The maximum atomic E-state index is 12.7. The second-order valence-corrected chi connectivity index (χ2v) is 7.98. The summed E-state index contributed by atoms with van der Waals surface area (Å²) in [5, 5.41) is 20.9. The standard InChI is InChI=1S/C22H27NO8S/c1-28-14-10-18(30-3)15(19(11-14)31-4)7-8-32(27)12-13-5-6-17(29-2)16(9-13)21(24)20(23)22(25)26/h5-11,20-21,24H,12,23H2,1-4H3,(H,25,26). The van der Waals surface area contributed by atoms with E-state index in [1.54, 1.807) is 30.3 Å². The molecule has 2 aromatic rings. The first kappa shape index (κ1) is 25.3. The van der Waals surface area contributed by atoms with Crippen molar-refractivity contribution in [2.75, 3.05) is 28.4 Å². The van der Waals surface area contributed by atoms with Crippen LogP contribution in [0.25, 0.3) is 6.08 Å². The monoisotopic (exact) mass is 465 g/mol. The minimum absolute atomic E-state index is 0.114. The van der Waals surface area contributed by atoms with Gasteiger partial charge in [-0.3, -0.25) is 4.79 Å². The summed E-state index contributed by atoms with van der Waals surface area (Å²) in [5.74, 6) is 0.592. The molecule has 0 aliphatic heterocycles. The smallest absolute Gasteiger partial charge is 0.323 e. The summed E-state index contributed by atoms with van der Waals surface area (Å²) in [4.78, 5) is 11.1. The molecule has 0 radical (unpaired) electrons. The zero-order chi connectivity index (χ0) is 23.8. The lowest BCUT2D eigenvalue weighted by Gasteiger charge is -2.19. The number of methoxy groups -OCH3 is 4. The molecule has 0 aromatic heterocycles. The normalized spacial score (nSPS) is 14.0. The number of aliphatic hydroxyl groups excluding tert-OH is 1. The lowest BCUT2D eigenvalue weighted by Crippen LogP contribution is -2.36. The van der Waals surface area contributed by atoms with Crippen molar-refractivity contribution in [2.24, 2.45) is 5.73 Å². The van der Waals surface area contributed by atoms with Crippen LogP contribution in [-0.4, -0.2) is 55.2 Å². The van der Waals surface area contributed by atoms with Crippen LogP contribution in [-0.2, 0) is 21.7 Å². The molecule has 10 heteroatoms. The Morgan fingerprint density at radius 2 is 1.66 bits per heavy atom. The van der Waals surface area contributed by atoms with Crippen LogP contribution in [0.5, 0.6) is 23.0 Å². The van der Waals surface area contributed by atoms with Gasteiger partial charge in [-0.05, 0) is 23.3 Å². The lowest BCUT2D eigenvalue weighted by atomic mass is 10.00. The van der Waals surface area contributed by atoms with Crippen LogP contribution in [0.4, 0.5) is 0 Å². The zero-order valence-electron chi connectivity index (χ0n) is 18.2. The quantitative estimate of drug-likeness (QED) is 0.425. The van der Waals surface area contributed by atoms with Gasteiger partial charge in [-0.1, -0.05) is 6.07 Å². The predicted molar refractivity (Wildman–Crippen MR) is 121 cm³/mol. The van der Waals surface area contributed by atoms with Crippen molar-refractivity contribution in [2.45, 2.75) is 17.9 Å². The third-order valence-corrected chi connectivity index (χ3v) is 5.74. The molecular formula is C22H27NO8S. The average Bonchev–Trinajstić information content (AvgIpc) is 2.80. The molecule has 4 N–H and O–H groups in total. The highest BCUT2D eigenvalue weighted by atomic mass is 32.2. The third kappa shape index (κ3) is 6.07. The fourth-order valence-electron chi connectivity index (χ4n) is 2.99. The average molecular weight is 466 g/mol. The summed E-state index contributed by atoms with van der Waals surface area (Å²) in [7, 11) is 5.94. The van der Waals surface area contributed by atoms with E-state index in [1.165, 1.54) is 39.9 Å². The van der Waals surface area contributed by atoms with E-state index in [0.717, 1.165) is 0 Å². The number of nitrogens with two attached hydrogens (primary N) is 1. The van der Waals surface area contributed by atoms with Gasteiger partial charge in [0.2, 0.25) is 0 Å². The highest BCUT2D eigenvalue weighted by Gasteiger charge is 2.27. The van der Waals surface area contributed by atoms with E-state index < -0.39 is 29.3 Å². The van der Waals surface area contributed by atoms with Gasteiger partial charge in [0.25, 0.3) is 0 Å². The number of aliphatic hydroxyl groups is 1. The summed E-state index contributed by atoms with van der Waals surface area (Å²) in [6.07, 6.45) is 0.145. The number of carbonyl (C=O) groups is 1. The van der Waals surface area contributed by atoms with Gasteiger partial charge in [0, 0.05) is 29.3 Å². The zero-order valence-corrected chi connectivity index (χ0v) is 19.0. The maximum Gasteiger partial charge on any atom is 0.323 e. The first-order valence-corrected chi connectivity index (χ1v) is 10.8. The van der Waals surface area contributed by atoms with Crippen LogP contribution >= 0.6 is 0 Å². The van der Waals surface area contributed by atoms with Crippen LogP contribution in [0, 0.1) is 0 Å². The van der Waals surface area contributed by atoms with E-state index >= 15 is 0 Å². The maximum absolute atomic E-state index is 12.7. The number of carboxylic acids is 1. The number of hydrogen-bond donors (Lipinski definition) is 3. The minimum Gasteiger partial charge on any atom is -0.612 e. The number of hydrogen-bond acceptors (Lipinski definition) is 8. The van der Waals surface area contributed by atoms with Crippen molar-refractivity contribution in [1.29, 1.82) is 0 Å². The Bertz CT molecular complexity index is 940. The molecule has 0 aliphatic rings. The number of benzene rings is 2. The Labute approximate surface area is 189 Å². The van der Waals surface area contributed by atoms with Crippen LogP contribution in [0.3, 0.4) is 0 Å². The van der Waals surface area contributed by atoms with Crippen molar-refractivity contribution in [3.05, 3.63) is 52.4 Å². The van der Waals surface area contributed by atoms with Gasteiger partial charge in [-0.15, -0.1) is 0 Å². The van der Waals surface area contributed by atoms with Crippen molar-refractivity contribution in [1.82, 2.24) is 0 Å². The van der Waals surface area contributed by atoms with Gasteiger partial charge in [0.05, 0.1) is 34.0 Å². The second-order valence-electron chi connectivity index (χ2n) is 6.66. The summed E-state index contributed by atoms with van der Waals surface area (Å²) < 4.78 is 33.9. The Balaban J connectivity index is 2.27. The Morgan fingerprint density at radius 3 is 2.16 bits per heavy atom. The molecule has 0 spiro atoms. The molecule has 0 fully saturated rings. The molecule has 0 saturated heterocycles. The lowest BCUT2D eigenvalue weighted by molar-refractivity contribution is -0.141. The molecule has 3 atom stereocenters. The third-order valence-electron chi connectivity index (χ3n) is 4.69. The van der Waals surface area contributed by atoms with Crippen molar-refractivity contribution < 1.29 is 38.5 Å². The fraction of sp³-hybridized carbons (Fsp3) is 0.318. The fourth-order valence-corrected chi connectivity index (χ4v) is 3.88. The van der Waals surface area contributed by atoms with Crippen molar-refractivity contribution in [3.8, 4) is 23.0 Å². The molecule has 3 unspecified atom stereocenters. The topological polar surface area (TPSA) is 144 Å². The van der Waals surface area contributed by atoms with E-state index in [1.807, 2.05) is 0 Å². The number of carboxylic acid groups (broad SMARTS) is 1. The number of rotatable bonds is 11. The summed E-state index contributed by atoms with van der Waals surface area (Å²) in [6, 6.07) is 6.63. The summed E-state index contributed by atoms with van der Waals surface area (Å²) >= 11 is -1.44. The van der Waals surface area contributed by atoms with Crippen molar-refractivity contribution >= 4 is 23.2 Å². The van der Waals surface area contributed by atoms with Crippen LogP contribution in [0.15, 0.2) is 35.7 Å². The highest BCUT2D eigenvalue weighted by Crippen LogP contribution is 2.35. The summed E-state index contributed by atoms with van der Waals surface area (Å²) in [6.45, 7) is 0. The molecule has 32 heavy (non-hydrogen) atoms. The Hall–Kier alpha value is -2.92. The minimum atomic E-state index is -1.53. The summed E-state index contributed by atoms with van der Waals surface area (Å²) in [5.41, 5.74) is 6.96. The van der Waals surface area contributed by atoms with E-state index in [-0.39, 0.29) is 17.1 Å². The molecule has 174 valence electrons. The molecule has 9 nitrogen and oxygen atoms in total. The van der Waals surface area contributed by atoms with E-state index in [0.29, 0.717) is 28.4 Å². The molecule has 0 bridgehead atoms. The van der Waals surface area contributed by atoms with E-state index in [2.05, 4.69) is 0 Å². The van der Waals surface area contributed by atoms with Gasteiger partial charge >= 0.3 is 5.97 Å². The SMILES string of the molecule is COc1cc(OC)c(C=C[S+]([O-])Cc2ccc(OC)c(C(O)C(N)C(=O)O)c2)c(OC)c1. The molecule has 0 heterocycles. The molecule has 0 saturated carbocycles. The van der Waals surface area contributed by atoms with Gasteiger partial charge in [-0.25, -0.2) is 0 Å². The molecule has 2 rings (SSSR count). The largest absolute Gasteiger partial charge is 0.612 e. The first-order chi connectivity index (χ1) is 15.2. The van der Waals surface area contributed by atoms with E-state index in [9.17, 15) is 14.5 Å². The van der Waals surface area contributed by atoms with Crippen molar-refractivity contribution in [3.63, 3.8) is 0 Å². The van der Waals surface area contributed by atoms with Crippen LogP contribution in [0.1, 0.15) is 22.8 Å². The van der Waals surface area contributed by atoms with Crippen LogP contribution in [0.2, 0.25) is 0 Å². The number of ether oxygens (including phenoxy) is 4. The second kappa shape index (κ2) is 11.6. The number of aliphatic carboxylic acids is 1. The Kier molecular flexibility index (Phi) is 9.21. The molecule has 0 aliphatic carbocycles. The van der Waals surface area contributed by atoms with Gasteiger partial charge in [0.15, 0.2) is 0 Å². The molecular weight excluding hydrogens is 438 g/mol. The van der Waals surface area contributed by atoms with Gasteiger partial charge < -0.3 is 39.4 Å². The van der Waals surface area contributed by atoms with Crippen LogP contribution < -0.4 is 24.7 Å². The predicted octanol–water partition coefficient (Wildman–Crippen LogP) is 2.09. The molecule has 2 aromatic carbocycles. The van der Waals surface area contributed by atoms with Gasteiger partial charge in [0.1, 0.15) is 46.3 Å². The first-order valence-electron chi connectivity index (χ1n) is 9.44. The van der Waals surface area contributed by atoms with E-state index in [4.69, 9.17) is 29.8 Å². The Morgan fingerprint density at radius 1 is 1.06 bits per heavy atom.